The number of para-hydroxylation sites is 2. The number of anilines is 2. The maximum atomic E-state index is 13.9. The zero-order valence-corrected chi connectivity index (χ0v) is 34.1. The van der Waals surface area contributed by atoms with Crippen LogP contribution in [-0.2, 0) is 44.9 Å². The molecule has 0 saturated carbocycles. The number of nitrogens with one attached hydrogen (secondary N) is 2. The molecular formula is C49H47F3N8O. The summed E-state index contributed by atoms with van der Waals surface area (Å²) in [6.07, 6.45) is 3.42. The molecule has 0 saturated heterocycles. The van der Waals surface area contributed by atoms with Gasteiger partial charge in [-0.1, -0.05) is 97.1 Å². The largest absolute Gasteiger partial charge is 0.479 e. The van der Waals surface area contributed by atoms with Crippen LogP contribution in [0.4, 0.5) is 24.8 Å². The standard InChI is InChI=1S/C25H26N4O.C24H21F3N4/c1-2-30-23-16-19-12-6-9-15-22(19)29(23)25-27-21-14-8-7-13-20(21)24(28-25)26-17-18-10-4-3-5-11-18;25-24(26,27)21-14-17-10-4-7-13-20(17)31(21)23-29-19-12-6-5-11-18(19)22(30-23)28-15-16-8-2-1-3-9-16/h3-6,9-12,15-16H,2,7-8,13-14,17H2,1H3,(H,26,27,28);1-4,7-10,13-14H,5-6,11-12,15H2,(H,28,29,30). The molecule has 310 valence electrons. The highest BCUT2D eigenvalue weighted by molar-refractivity contribution is 5.84. The lowest BCUT2D eigenvalue weighted by Crippen LogP contribution is -2.19. The molecule has 0 aliphatic heterocycles. The SMILES string of the molecule is CCOc1cc2ccccc2n1-c1nc2c(c(NCc3ccccc3)n1)CCCC2.FC(F)(F)c1cc2ccccc2n1-c1nc2c(c(NCc3ccccc3)n1)CCCC2. The number of fused-ring (bicyclic) bond motifs is 4. The fourth-order valence-corrected chi connectivity index (χ4v) is 8.39. The van der Waals surface area contributed by atoms with E-state index in [1.807, 2.05) is 60.0 Å². The number of aryl methyl sites for hydroxylation is 2. The van der Waals surface area contributed by atoms with E-state index >= 15 is 0 Å². The van der Waals surface area contributed by atoms with Crippen LogP contribution in [-0.4, -0.2) is 35.7 Å². The summed E-state index contributed by atoms with van der Waals surface area (Å²) in [4.78, 5) is 19.2. The monoisotopic (exact) mass is 820 g/mol. The third-order valence-electron chi connectivity index (χ3n) is 11.3. The second-order valence-electron chi connectivity index (χ2n) is 15.4. The van der Waals surface area contributed by atoms with E-state index in [4.69, 9.17) is 14.7 Å². The van der Waals surface area contributed by atoms with Gasteiger partial charge in [-0.2, -0.15) is 23.1 Å². The molecule has 4 aromatic heterocycles. The first-order valence-corrected chi connectivity index (χ1v) is 21.1. The van der Waals surface area contributed by atoms with Crippen LogP contribution in [0.5, 0.6) is 5.88 Å². The number of nitrogens with zero attached hydrogens (tertiary/aromatic N) is 6. The van der Waals surface area contributed by atoms with Crippen LogP contribution in [0, 0.1) is 0 Å². The Morgan fingerprint density at radius 3 is 1.54 bits per heavy atom. The third kappa shape index (κ3) is 8.52. The van der Waals surface area contributed by atoms with Crippen molar-refractivity contribution in [2.45, 2.75) is 77.6 Å². The minimum Gasteiger partial charge on any atom is -0.479 e. The molecule has 4 heterocycles. The molecular weight excluding hydrogens is 774 g/mol. The van der Waals surface area contributed by atoms with Crippen molar-refractivity contribution in [2.24, 2.45) is 0 Å². The molecule has 61 heavy (non-hydrogen) atoms. The number of ether oxygens (including phenoxy) is 1. The molecule has 0 spiro atoms. The van der Waals surface area contributed by atoms with Crippen LogP contribution in [0.1, 0.15) is 71.9 Å². The van der Waals surface area contributed by atoms with Gasteiger partial charge in [-0.3, -0.25) is 4.57 Å². The van der Waals surface area contributed by atoms with Gasteiger partial charge in [0.15, 0.2) is 0 Å². The average Bonchev–Trinajstić information content (AvgIpc) is 3.88. The molecule has 10 rings (SSSR count). The minimum absolute atomic E-state index is 0.0599. The Morgan fingerprint density at radius 2 is 1.02 bits per heavy atom. The zero-order valence-electron chi connectivity index (χ0n) is 34.1. The Kier molecular flexibility index (Phi) is 11.4. The topological polar surface area (TPSA) is 94.7 Å². The van der Waals surface area contributed by atoms with Gasteiger partial charge in [-0.15, -0.1) is 0 Å². The third-order valence-corrected chi connectivity index (χ3v) is 11.3. The Bertz CT molecular complexity index is 2780. The van der Waals surface area contributed by atoms with Gasteiger partial charge in [-0.05, 0) is 87.6 Å². The summed E-state index contributed by atoms with van der Waals surface area (Å²) in [5.74, 6) is 3.08. The highest BCUT2D eigenvalue weighted by Crippen LogP contribution is 2.37. The summed E-state index contributed by atoms with van der Waals surface area (Å²) < 4.78 is 50.8. The van der Waals surface area contributed by atoms with Crippen LogP contribution < -0.4 is 15.4 Å². The molecule has 0 bridgehead atoms. The maximum Gasteiger partial charge on any atom is 0.431 e. The van der Waals surface area contributed by atoms with E-state index in [-0.39, 0.29) is 5.95 Å². The zero-order chi connectivity index (χ0) is 41.8. The van der Waals surface area contributed by atoms with Gasteiger partial charge < -0.3 is 15.4 Å². The van der Waals surface area contributed by atoms with Crippen molar-refractivity contribution in [3.05, 3.63) is 161 Å². The van der Waals surface area contributed by atoms with E-state index in [0.29, 0.717) is 35.8 Å². The van der Waals surface area contributed by atoms with Gasteiger partial charge in [0.1, 0.15) is 17.3 Å². The number of benzene rings is 4. The predicted octanol–water partition coefficient (Wildman–Crippen LogP) is 11.2. The minimum atomic E-state index is -4.52. The average molecular weight is 821 g/mol. The van der Waals surface area contributed by atoms with Crippen molar-refractivity contribution in [2.75, 3.05) is 17.2 Å². The maximum absolute atomic E-state index is 13.9. The molecule has 0 unspecified atom stereocenters. The summed E-state index contributed by atoms with van der Waals surface area (Å²) in [5.41, 5.74) is 7.31. The van der Waals surface area contributed by atoms with Gasteiger partial charge >= 0.3 is 6.18 Å². The van der Waals surface area contributed by atoms with Gasteiger partial charge in [0.2, 0.25) is 17.8 Å². The predicted molar refractivity (Wildman–Crippen MR) is 235 cm³/mol. The second kappa shape index (κ2) is 17.5. The van der Waals surface area contributed by atoms with Crippen LogP contribution in [0.3, 0.4) is 0 Å². The van der Waals surface area contributed by atoms with E-state index in [0.717, 1.165) is 101 Å². The molecule has 0 atom stereocenters. The molecule has 2 aliphatic carbocycles. The lowest BCUT2D eigenvalue weighted by molar-refractivity contribution is -0.142. The Morgan fingerprint density at radius 1 is 0.557 bits per heavy atom. The van der Waals surface area contributed by atoms with Gasteiger partial charge in [-0.25, -0.2) is 14.5 Å². The molecule has 0 fully saturated rings. The van der Waals surface area contributed by atoms with Crippen LogP contribution in [0.2, 0.25) is 0 Å². The molecule has 2 N–H and O–H groups in total. The fourth-order valence-electron chi connectivity index (χ4n) is 8.39. The van der Waals surface area contributed by atoms with E-state index in [1.54, 1.807) is 24.3 Å². The summed E-state index contributed by atoms with van der Waals surface area (Å²) >= 11 is 0. The van der Waals surface area contributed by atoms with Crippen LogP contribution in [0.15, 0.2) is 121 Å². The smallest absolute Gasteiger partial charge is 0.431 e. The molecule has 2 aliphatic rings. The van der Waals surface area contributed by atoms with Gasteiger partial charge in [0.05, 0.1) is 29.0 Å². The fraction of sp³-hybridized carbons (Fsp3) is 0.265. The highest BCUT2D eigenvalue weighted by Gasteiger charge is 2.37. The number of hydrogen-bond donors (Lipinski definition) is 2. The van der Waals surface area contributed by atoms with E-state index < -0.39 is 11.9 Å². The first-order chi connectivity index (χ1) is 29.8. The summed E-state index contributed by atoms with van der Waals surface area (Å²) in [6.45, 7) is 3.89. The van der Waals surface area contributed by atoms with E-state index in [2.05, 4.69) is 63.1 Å². The molecule has 4 aromatic carbocycles. The molecule has 0 radical (unpaired) electrons. The lowest BCUT2D eigenvalue weighted by Gasteiger charge is -2.21. The second-order valence-corrected chi connectivity index (χ2v) is 15.4. The molecule has 9 nitrogen and oxygen atoms in total. The van der Waals surface area contributed by atoms with Crippen molar-refractivity contribution in [3.63, 3.8) is 0 Å². The van der Waals surface area contributed by atoms with Crippen molar-refractivity contribution in [1.82, 2.24) is 29.1 Å². The first kappa shape index (κ1) is 39.8. The number of alkyl halides is 3. The number of rotatable bonds is 10. The highest BCUT2D eigenvalue weighted by atomic mass is 19.4. The van der Waals surface area contributed by atoms with Crippen molar-refractivity contribution in [1.29, 1.82) is 0 Å². The Hall–Kier alpha value is -6.69. The van der Waals surface area contributed by atoms with Crippen molar-refractivity contribution in [3.8, 4) is 17.8 Å². The molecule has 8 aromatic rings. The quantitative estimate of drug-likeness (QED) is 0.142. The summed E-state index contributed by atoms with van der Waals surface area (Å²) in [6, 6.07) is 38.6. The van der Waals surface area contributed by atoms with Crippen molar-refractivity contribution >= 4 is 33.4 Å². The van der Waals surface area contributed by atoms with Gasteiger partial charge in [0, 0.05) is 41.1 Å². The molecule has 0 amide bonds. The van der Waals surface area contributed by atoms with Crippen LogP contribution in [0.25, 0.3) is 33.7 Å². The van der Waals surface area contributed by atoms with E-state index in [9.17, 15) is 13.2 Å². The summed E-state index contributed by atoms with van der Waals surface area (Å²) in [5, 5.41) is 8.57. The first-order valence-electron chi connectivity index (χ1n) is 21.1. The number of halogens is 3. The Balaban J connectivity index is 0.000000156. The van der Waals surface area contributed by atoms with Crippen molar-refractivity contribution < 1.29 is 17.9 Å². The van der Waals surface area contributed by atoms with E-state index in [1.165, 1.54) is 24.0 Å². The number of aromatic nitrogens is 6. The van der Waals surface area contributed by atoms with Gasteiger partial charge in [0.25, 0.3) is 0 Å². The molecule has 12 heteroatoms. The lowest BCUT2D eigenvalue weighted by atomic mass is 9.96. The number of hydrogen-bond acceptors (Lipinski definition) is 7. The Labute approximate surface area is 352 Å². The van der Waals surface area contributed by atoms with Crippen LogP contribution >= 0.6 is 0 Å². The summed E-state index contributed by atoms with van der Waals surface area (Å²) in [7, 11) is 0. The normalized spacial score (nSPS) is 13.6.